The first-order valence-corrected chi connectivity index (χ1v) is 3.55. The first-order valence-electron chi connectivity index (χ1n) is 3.55. The van der Waals surface area contributed by atoms with Crippen LogP contribution >= 0.6 is 0 Å². The predicted octanol–water partition coefficient (Wildman–Crippen LogP) is 1.17. The molecule has 0 aliphatic heterocycles. The highest BCUT2D eigenvalue weighted by molar-refractivity contribution is 5.30. The Hall–Kier alpha value is -1.02. The number of benzene rings is 1. The summed E-state index contributed by atoms with van der Waals surface area (Å²) in [6.45, 7) is 2.33. The van der Waals surface area contributed by atoms with E-state index in [1.54, 1.807) is 6.07 Å². The van der Waals surface area contributed by atoms with Crippen molar-refractivity contribution in [3.05, 3.63) is 29.8 Å². The molecule has 0 fully saturated rings. The molecule has 0 bridgehead atoms. The second-order valence-electron chi connectivity index (χ2n) is 2.25. The van der Waals surface area contributed by atoms with Gasteiger partial charge in [0.25, 0.3) is 0 Å². The lowest BCUT2D eigenvalue weighted by atomic mass is 10.2. The molecule has 0 aromatic heterocycles. The molecule has 1 radical (unpaired) electrons. The molecule has 11 heavy (non-hydrogen) atoms. The van der Waals surface area contributed by atoms with Gasteiger partial charge in [-0.2, -0.15) is 0 Å². The number of aryl methyl sites for hydroxylation is 1. The number of hydrogen-bond donors (Lipinski definition) is 1. The largest absolute Gasteiger partial charge is 0.490 e. The maximum absolute atomic E-state index is 8.48. The Bertz CT molecular complexity index is 221. The van der Waals surface area contributed by atoms with Gasteiger partial charge in [0.05, 0.1) is 6.61 Å². The van der Waals surface area contributed by atoms with Crippen LogP contribution in [0.25, 0.3) is 0 Å². The number of aliphatic hydroxyl groups excluding tert-OH is 1. The summed E-state index contributed by atoms with van der Waals surface area (Å²) in [6, 6.07) is 8.58. The van der Waals surface area contributed by atoms with Gasteiger partial charge in [0.1, 0.15) is 12.4 Å². The molecular formula is C9H11O2. The van der Waals surface area contributed by atoms with Crippen molar-refractivity contribution in [2.24, 2.45) is 0 Å². The molecule has 59 valence electrons. The molecule has 1 N–H and O–H groups in total. The van der Waals surface area contributed by atoms with E-state index in [0.717, 1.165) is 11.3 Å². The van der Waals surface area contributed by atoms with Gasteiger partial charge in [0, 0.05) is 6.07 Å². The van der Waals surface area contributed by atoms with E-state index in [-0.39, 0.29) is 6.61 Å². The Morgan fingerprint density at radius 2 is 2.45 bits per heavy atom. The van der Waals surface area contributed by atoms with E-state index in [0.29, 0.717) is 6.61 Å². The highest BCUT2D eigenvalue weighted by Gasteiger charge is 1.95. The standard InChI is InChI=1S/C9H11O2/c1-8-4-2-3-5-9(8)11-7-6-10/h2-4,10H,6-7H2,1H3. The first-order chi connectivity index (χ1) is 5.34. The first kappa shape index (κ1) is 8.08. The molecule has 0 atom stereocenters. The Balaban J connectivity index is 2.62. The van der Waals surface area contributed by atoms with Crippen LogP contribution in [0, 0.1) is 13.0 Å². The third-order valence-electron chi connectivity index (χ3n) is 1.35. The van der Waals surface area contributed by atoms with Crippen molar-refractivity contribution < 1.29 is 9.84 Å². The maximum Gasteiger partial charge on any atom is 0.130 e. The van der Waals surface area contributed by atoms with Gasteiger partial charge in [-0.1, -0.05) is 18.2 Å². The SMILES string of the molecule is Cc1ccc[c]c1OCCO. The van der Waals surface area contributed by atoms with E-state index in [1.165, 1.54) is 0 Å². The van der Waals surface area contributed by atoms with Crippen LogP contribution in [0.4, 0.5) is 0 Å². The summed E-state index contributed by atoms with van der Waals surface area (Å²) < 4.78 is 5.18. The summed E-state index contributed by atoms with van der Waals surface area (Å²) in [5.74, 6) is 0.724. The van der Waals surface area contributed by atoms with Crippen LogP contribution in [-0.4, -0.2) is 18.3 Å². The molecular weight excluding hydrogens is 140 g/mol. The minimum Gasteiger partial charge on any atom is -0.490 e. The lowest BCUT2D eigenvalue weighted by molar-refractivity contribution is 0.200. The summed E-state index contributed by atoms with van der Waals surface area (Å²) in [5.41, 5.74) is 1.04. The highest BCUT2D eigenvalue weighted by Crippen LogP contribution is 2.14. The molecule has 0 spiro atoms. The minimum absolute atomic E-state index is 0.0438. The highest BCUT2D eigenvalue weighted by atomic mass is 16.5. The summed E-state index contributed by atoms with van der Waals surface area (Å²) in [7, 11) is 0. The van der Waals surface area contributed by atoms with E-state index in [9.17, 15) is 0 Å². The van der Waals surface area contributed by atoms with E-state index < -0.39 is 0 Å². The molecule has 0 aliphatic carbocycles. The average Bonchev–Trinajstić information content (AvgIpc) is 2.03. The van der Waals surface area contributed by atoms with E-state index in [1.807, 2.05) is 19.1 Å². The quantitative estimate of drug-likeness (QED) is 0.702. The summed E-state index contributed by atoms with van der Waals surface area (Å²) in [4.78, 5) is 0. The van der Waals surface area contributed by atoms with Gasteiger partial charge in [0.2, 0.25) is 0 Å². The molecule has 1 aromatic carbocycles. The van der Waals surface area contributed by atoms with Crippen LogP contribution in [0.15, 0.2) is 18.2 Å². The van der Waals surface area contributed by atoms with Crippen molar-refractivity contribution >= 4 is 0 Å². The summed E-state index contributed by atoms with van der Waals surface area (Å²) >= 11 is 0. The van der Waals surface area contributed by atoms with E-state index in [4.69, 9.17) is 9.84 Å². The maximum atomic E-state index is 8.48. The smallest absolute Gasteiger partial charge is 0.130 e. The van der Waals surface area contributed by atoms with E-state index >= 15 is 0 Å². The zero-order chi connectivity index (χ0) is 8.10. The molecule has 0 saturated heterocycles. The van der Waals surface area contributed by atoms with Crippen molar-refractivity contribution in [3.63, 3.8) is 0 Å². The van der Waals surface area contributed by atoms with Crippen LogP contribution < -0.4 is 4.74 Å². The molecule has 1 rings (SSSR count). The molecule has 2 nitrogen and oxygen atoms in total. The number of rotatable bonds is 3. The Morgan fingerprint density at radius 3 is 3.09 bits per heavy atom. The fourth-order valence-corrected chi connectivity index (χ4v) is 0.809. The number of aliphatic hydroxyl groups is 1. The Labute approximate surface area is 66.4 Å². The monoisotopic (exact) mass is 151 g/mol. The third-order valence-corrected chi connectivity index (χ3v) is 1.35. The second kappa shape index (κ2) is 3.98. The van der Waals surface area contributed by atoms with Crippen molar-refractivity contribution in [2.75, 3.05) is 13.2 Å². The van der Waals surface area contributed by atoms with Crippen LogP contribution in [0.5, 0.6) is 5.75 Å². The lowest BCUT2D eigenvalue weighted by Crippen LogP contribution is -2.02. The molecule has 1 aromatic rings. The van der Waals surface area contributed by atoms with Crippen molar-refractivity contribution in [1.82, 2.24) is 0 Å². The van der Waals surface area contributed by atoms with Gasteiger partial charge in [-0.15, -0.1) is 0 Å². The normalized spacial score (nSPS) is 9.64. The fourth-order valence-electron chi connectivity index (χ4n) is 0.809. The molecule has 0 amide bonds. The van der Waals surface area contributed by atoms with Crippen LogP contribution in [0.3, 0.4) is 0 Å². The summed E-state index contributed by atoms with van der Waals surface area (Å²) in [6.07, 6.45) is 0. The van der Waals surface area contributed by atoms with Gasteiger partial charge in [0.15, 0.2) is 0 Å². The van der Waals surface area contributed by atoms with Crippen LogP contribution in [0.1, 0.15) is 5.56 Å². The van der Waals surface area contributed by atoms with Gasteiger partial charge >= 0.3 is 0 Å². The number of ether oxygens (including phenoxy) is 1. The van der Waals surface area contributed by atoms with Crippen LogP contribution in [0.2, 0.25) is 0 Å². The molecule has 2 heteroatoms. The van der Waals surface area contributed by atoms with Gasteiger partial charge in [-0.3, -0.25) is 0 Å². The minimum atomic E-state index is 0.0438. The van der Waals surface area contributed by atoms with Crippen molar-refractivity contribution in [2.45, 2.75) is 6.92 Å². The van der Waals surface area contributed by atoms with Crippen molar-refractivity contribution in [3.8, 4) is 5.75 Å². The number of hydrogen-bond acceptors (Lipinski definition) is 2. The Morgan fingerprint density at radius 1 is 1.64 bits per heavy atom. The number of para-hydroxylation sites is 1. The van der Waals surface area contributed by atoms with Crippen LogP contribution in [-0.2, 0) is 0 Å². The van der Waals surface area contributed by atoms with Gasteiger partial charge in [-0.05, 0) is 12.5 Å². The molecule has 0 saturated carbocycles. The molecule has 0 aliphatic rings. The van der Waals surface area contributed by atoms with Gasteiger partial charge < -0.3 is 9.84 Å². The molecule has 0 unspecified atom stereocenters. The predicted molar refractivity (Wildman–Crippen MR) is 42.6 cm³/mol. The van der Waals surface area contributed by atoms with Gasteiger partial charge in [-0.25, -0.2) is 0 Å². The summed E-state index contributed by atoms with van der Waals surface area (Å²) in [5, 5.41) is 8.48. The molecule has 0 heterocycles. The topological polar surface area (TPSA) is 29.5 Å². The Kier molecular flexibility index (Phi) is 2.93. The zero-order valence-electron chi connectivity index (χ0n) is 6.50. The van der Waals surface area contributed by atoms with E-state index in [2.05, 4.69) is 6.07 Å². The fraction of sp³-hybridized carbons (Fsp3) is 0.333. The third kappa shape index (κ3) is 2.24. The second-order valence-corrected chi connectivity index (χ2v) is 2.25. The van der Waals surface area contributed by atoms with Crippen molar-refractivity contribution in [1.29, 1.82) is 0 Å². The lowest BCUT2D eigenvalue weighted by Gasteiger charge is -2.05. The zero-order valence-corrected chi connectivity index (χ0v) is 6.50. The average molecular weight is 151 g/mol.